The summed E-state index contributed by atoms with van der Waals surface area (Å²) in [5.74, 6) is 1.79. The van der Waals surface area contributed by atoms with Gasteiger partial charge in [-0.25, -0.2) is 0 Å². The first-order valence-electron chi connectivity index (χ1n) is 11.2. The maximum absolute atomic E-state index is 5.37. The average molecular weight is 363 g/mol. The average Bonchev–Trinajstić information content (AvgIpc) is 3.09. The van der Waals surface area contributed by atoms with Crippen molar-refractivity contribution >= 4 is 0 Å². The molecule has 26 heavy (non-hydrogen) atoms. The molecule has 0 aromatic carbocycles. The van der Waals surface area contributed by atoms with Crippen molar-refractivity contribution in [3.63, 3.8) is 0 Å². The number of nitrogens with one attached hydrogen (secondary N) is 1. The molecule has 3 heteroatoms. The Morgan fingerprint density at radius 3 is 2.00 bits per heavy atom. The van der Waals surface area contributed by atoms with Gasteiger partial charge < -0.3 is 9.72 Å². The van der Waals surface area contributed by atoms with Gasteiger partial charge in [-0.3, -0.25) is 0 Å². The number of ether oxygens (including phenoxy) is 1. The van der Waals surface area contributed by atoms with Gasteiger partial charge in [0, 0.05) is 6.42 Å². The summed E-state index contributed by atoms with van der Waals surface area (Å²) in [6.45, 7) is 4.95. The van der Waals surface area contributed by atoms with Crippen LogP contribution in [0, 0.1) is 0 Å². The van der Waals surface area contributed by atoms with Crippen LogP contribution in [-0.4, -0.2) is 16.6 Å². The van der Waals surface area contributed by atoms with Crippen molar-refractivity contribution in [1.82, 2.24) is 9.97 Å². The fourth-order valence-electron chi connectivity index (χ4n) is 3.23. The summed E-state index contributed by atoms with van der Waals surface area (Å²) in [6.07, 6.45) is 26.6. The van der Waals surface area contributed by atoms with Gasteiger partial charge in [0.15, 0.2) is 0 Å². The van der Waals surface area contributed by atoms with Crippen LogP contribution in [0.25, 0.3) is 0 Å². The molecule has 1 heterocycles. The molecule has 1 aromatic heterocycles. The molecule has 1 aromatic rings. The van der Waals surface area contributed by atoms with E-state index < -0.39 is 0 Å². The monoisotopic (exact) mass is 362 g/mol. The van der Waals surface area contributed by atoms with E-state index in [9.17, 15) is 0 Å². The molecule has 0 aliphatic heterocycles. The van der Waals surface area contributed by atoms with Crippen LogP contribution in [-0.2, 0) is 6.42 Å². The smallest absolute Gasteiger partial charge is 0.231 e. The second-order valence-electron chi connectivity index (χ2n) is 7.31. The second-order valence-corrected chi connectivity index (χ2v) is 7.31. The number of unbranched alkanes of at least 4 members (excludes halogenated alkanes) is 12. The molecule has 0 fully saturated rings. The van der Waals surface area contributed by atoms with E-state index in [-0.39, 0.29) is 0 Å². The lowest BCUT2D eigenvalue weighted by atomic mass is 10.1. The Bertz CT molecular complexity index is 439. The standard InChI is InChI=1S/C23H42N2O/c1-3-5-6-7-8-9-10-11-12-13-14-15-16-17-18-19-20-22-24-21-23(25-22)26-4-2/h11-12,21H,3-10,13-20H2,1-2H3,(H,24,25)/b12-11-. The van der Waals surface area contributed by atoms with E-state index in [1.807, 2.05) is 13.1 Å². The van der Waals surface area contributed by atoms with Crippen molar-refractivity contribution in [2.45, 2.75) is 110 Å². The Hall–Kier alpha value is -1.25. The zero-order chi connectivity index (χ0) is 18.7. The number of aromatic amines is 1. The number of hydrogen-bond donors (Lipinski definition) is 1. The van der Waals surface area contributed by atoms with Crippen LogP contribution in [0.5, 0.6) is 5.88 Å². The molecule has 0 amide bonds. The van der Waals surface area contributed by atoms with Crippen molar-refractivity contribution in [3.05, 3.63) is 24.2 Å². The highest BCUT2D eigenvalue weighted by Crippen LogP contribution is 2.12. The van der Waals surface area contributed by atoms with E-state index in [1.54, 1.807) is 0 Å². The highest BCUT2D eigenvalue weighted by molar-refractivity contribution is 5.07. The fourth-order valence-corrected chi connectivity index (χ4v) is 3.23. The van der Waals surface area contributed by atoms with Gasteiger partial charge in [0.25, 0.3) is 0 Å². The van der Waals surface area contributed by atoms with Gasteiger partial charge in [-0.15, -0.1) is 0 Å². The van der Waals surface area contributed by atoms with Crippen LogP contribution in [0.3, 0.4) is 0 Å². The molecule has 0 aliphatic carbocycles. The van der Waals surface area contributed by atoms with Crippen LogP contribution in [0.1, 0.15) is 110 Å². The van der Waals surface area contributed by atoms with Crippen LogP contribution in [0.15, 0.2) is 18.3 Å². The molecule has 150 valence electrons. The molecule has 0 saturated heterocycles. The molecular formula is C23H42N2O. The third-order valence-electron chi connectivity index (χ3n) is 4.83. The molecule has 0 unspecified atom stereocenters. The topological polar surface area (TPSA) is 37.9 Å². The van der Waals surface area contributed by atoms with Gasteiger partial charge in [-0.05, 0) is 39.0 Å². The Balaban J connectivity index is 1.81. The largest absolute Gasteiger partial charge is 0.477 e. The lowest BCUT2D eigenvalue weighted by molar-refractivity contribution is 0.328. The van der Waals surface area contributed by atoms with Gasteiger partial charge in [0.05, 0.1) is 12.8 Å². The summed E-state index contributed by atoms with van der Waals surface area (Å²) in [4.78, 5) is 7.62. The molecule has 1 N–H and O–H groups in total. The summed E-state index contributed by atoms with van der Waals surface area (Å²) in [5, 5.41) is 0. The molecule has 0 saturated carbocycles. The number of aryl methyl sites for hydroxylation is 1. The van der Waals surface area contributed by atoms with Gasteiger partial charge >= 0.3 is 0 Å². The van der Waals surface area contributed by atoms with Crippen LogP contribution < -0.4 is 4.74 Å². The van der Waals surface area contributed by atoms with Crippen LogP contribution >= 0.6 is 0 Å². The first kappa shape index (κ1) is 22.8. The maximum atomic E-state index is 5.37. The maximum Gasteiger partial charge on any atom is 0.231 e. The summed E-state index contributed by atoms with van der Waals surface area (Å²) >= 11 is 0. The van der Waals surface area contributed by atoms with Gasteiger partial charge in [-0.1, -0.05) is 76.9 Å². The van der Waals surface area contributed by atoms with Crippen molar-refractivity contribution in [2.24, 2.45) is 0 Å². The highest BCUT2D eigenvalue weighted by Gasteiger charge is 2.01. The zero-order valence-corrected chi connectivity index (χ0v) is 17.4. The molecule has 0 bridgehead atoms. The number of H-pyrrole nitrogens is 1. The Morgan fingerprint density at radius 2 is 1.38 bits per heavy atom. The summed E-state index contributed by atoms with van der Waals surface area (Å²) < 4.78 is 5.37. The molecule has 3 nitrogen and oxygen atoms in total. The molecule has 0 aliphatic rings. The van der Waals surface area contributed by atoms with Crippen LogP contribution in [0.4, 0.5) is 0 Å². The zero-order valence-electron chi connectivity index (χ0n) is 17.4. The number of nitrogens with zero attached hydrogens (tertiary/aromatic N) is 1. The lowest BCUT2D eigenvalue weighted by Crippen LogP contribution is -1.92. The first-order chi connectivity index (χ1) is 12.9. The van der Waals surface area contributed by atoms with Crippen molar-refractivity contribution in [2.75, 3.05) is 6.61 Å². The lowest BCUT2D eigenvalue weighted by Gasteiger charge is -2.00. The van der Waals surface area contributed by atoms with E-state index in [0.29, 0.717) is 6.61 Å². The summed E-state index contributed by atoms with van der Waals surface area (Å²) in [6, 6.07) is 0. The minimum absolute atomic E-state index is 0.679. The predicted octanol–water partition coefficient (Wildman–Crippen LogP) is 7.39. The normalized spacial score (nSPS) is 11.5. The molecule has 0 atom stereocenters. The van der Waals surface area contributed by atoms with E-state index >= 15 is 0 Å². The minimum atomic E-state index is 0.679. The third-order valence-corrected chi connectivity index (χ3v) is 4.83. The second kappa shape index (κ2) is 17.2. The molecule has 0 spiro atoms. The quantitative estimate of drug-likeness (QED) is 0.218. The van der Waals surface area contributed by atoms with Crippen LogP contribution in [0.2, 0.25) is 0 Å². The third kappa shape index (κ3) is 13.0. The van der Waals surface area contributed by atoms with Gasteiger partial charge in [0.2, 0.25) is 5.88 Å². The van der Waals surface area contributed by atoms with Gasteiger partial charge in [0.1, 0.15) is 5.82 Å². The molecule has 0 radical (unpaired) electrons. The Morgan fingerprint density at radius 1 is 0.808 bits per heavy atom. The van der Waals surface area contributed by atoms with Crippen molar-refractivity contribution < 1.29 is 4.74 Å². The number of rotatable bonds is 18. The van der Waals surface area contributed by atoms with E-state index in [0.717, 1.165) is 18.1 Å². The SMILES string of the molecule is CCCCCCCC/C=C\CCCCCCCCc1nc(OCC)c[nH]1. The van der Waals surface area contributed by atoms with Crippen molar-refractivity contribution in [1.29, 1.82) is 0 Å². The highest BCUT2D eigenvalue weighted by atomic mass is 16.5. The Labute approximate surface area is 162 Å². The number of allylic oxidation sites excluding steroid dienone is 2. The minimum Gasteiger partial charge on any atom is -0.477 e. The first-order valence-corrected chi connectivity index (χ1v) is 11.2. The molecular weight excluding hydrogens is 320 g/mol. The van der Waals surface area contributed by atoms with E-state index in [4.69, 9.17) is 4.74 Å². The summed E-state index contributed by atoms with van der Waals surface area (Å²) in [7, 11) is 0. The fraction of sp³-hybridized carbons (Fsp3) is 0.783. The van der Waals surface area contributed by atoms with Crippen molar-refractivity contribution in [3.8, 4) is 5.88 Å². The Kier molecular flexibility index (Phi) is 15.1. The number of hydrogen-bond acceptors (Lipinski definition) is 2. The van der Waals surface area contributed by atoms with Gasteiger partial charge in [-0.2, -0.15) is 4.98 Å². The number of imidazole rings is 1. The summed E-state index contributed by atoms with van der Waals surface area (Å²) in [5.41, 5.74) is 0. The predicted molar refractivity (Wildman–Crippen MR) is 113 cm³/mol. The molecule has 1 rings (SSSR count). The number of aromatic nitrogens is 2. The van der Waals surface area contributed by atoms with E-state index in [2.05, 4.69) is 29.0 Å². The van der Waals surface area contributed by atoms with E-state index in [1.165, 1.54) is 89.9 Å².